The number of nitrogens with one attached hydrogen (secondary N) is 1. The highest BCUT2D eigenvalue weighted by Crippen LogP contribution is 2.32. The molecular formula is C17H28N4OS. The Kier molecular flexibility index (Phi) is 5.21. The van der Waals surface area contributed by atoms with Gasteiger partial charge in [-0.1, -0.05) is 6.92 Å². The minimum Gasteiger partial charge on any atom is -0.329 e. The standard InChI is InChI=1S/C17H28N4OS/c1-4-15(16-18-8-10-23-16)19-17(22)20-9-7-13-5-6-14(11-20)21(13)12(2)3/h8,10,12-15H,4-7,9,11H2,1-3H3,(H,19,22)/t13-,14+,15+/m1/s1. The molecule has 0 aromatic carbocycles. The lowest BCUT2D eigenvalue weighted by atomic mass is 10.1. The van der Waals surface area contributed by atoms with Gasteiger partial charge in [0.25, 0.3) is 0 Å². The van der Waals surface area contributed by atoms with Crippen LogP contribution in [0.2, 0.25) is 0 Å². The highest BCUT2D eigenvalue weighted by atomic mass is 32.1. The number of carbonyl (C=O) groups is 1. The first-order valence-corrected chi connectivity index (χ1v) is 9.70. The summed E-state index contributed by atoms with van der Waals surface area (Å²) < 4.78 is 0. The van der Waals surface area contributed by atoms with E-state index < -0.39 is 0 Å². The van der Waals surface area contributed by atoms with Gasteiger partial charge in [-0.05, 0) is 39.5 Å². The van der Waals surface area contributed by atoms with Crippen molar-refractivity contribution in [2.75, 3.05) is 13.1 Å². The molecule has 3 atom stereocenters. The molecule has 6 heteroatoms. The second-order valence-electron chi connectivity index (χ2n) is 6.94. The lowest BCUT2D eigenvalue weighted by molar-refractivity contribution is 0.146. The first-order valence-electron chi connectivity index (χ1n) is 8.82. The van der Waals surface area contributed by atoms with E-state index in [2.05, 4.69) is 36.0 Å². The van der Waals surface area contributed by atoms with Crippen LogP contribution in [0.15, 0.2) is 11.6 Å². The summed E-state index contributed by atoms with van der Waals surface area (Å²) >= 11 is 1.61. The Labute approximate surface area is 143 Å². The summed E-state index contributed by atoms with van der Waals surface area (Å²) in [5.41, 5.74) is 0. The molecule has 2 saturated heterocycles. The molecule has 3 heterocycles. The number of fused-ring (bicyclic) bond motifs is 2. The molecular weight excluding hydrogens is 308 g/mol. The van der Waals surface area contributed by atoms with E-state index in [4.69, 9.17) is 0 Å². The number of nitrogens with zero attached hydrogens (tertiary/aromatic N) is 3. The highest BCUT2D eigenvalue weighted by Gasteiger charge is 2.39. The van der Waals surface area contributed by atoms with E-state index in [9.17, 15) is 4.79 Å². The Morgan fingerprint density at radius 3 is 2.83 bits per heavy atom. The number of amides is 2. The fourth-order valence-corrected chi connectivity index (χ4v) is 4.90. The summed E-state index contributed by atoms with van der Waals surface area (Å²) in [6, 6.07) is 1.84. The maximum atomic E-state index is 12.7. The van der Waals surface area contributed by atoms with Crippen LogP contribution in [0.25, 0.3) is 0 Å². The average molecular weight is 337 g/mol. The number of rotatable bonds is 4. The summed E-state index contributed by atoms with van der Waals surface area (Å²) in [6.07, 6.45) is 6.28. The number of likely N-dealkylation sites (tertiary alicyclic amines) is 1. The van der Waals surface area contributed by atoms with Crippen molar-refractivity contribution in [3.05, 3.63) is 16.6 Å². The number of carbonyl (C=O) groups excluding carboxylic acids is 1. The Balaban J connectivity index is 1.64. The lowest BCUT2D eigenvalue weighted by Gasteiger charge is -2.32. The first-order chi connectivity index (χ1) is 11.1. The number of aromatic nitrogens is 1. The van der Waals surface area contributed by atoms with Crippen LogP contribution < -0.4 is 5.32 Å². The summed E-state index contributed by atoms with van der Waals surface area (Å²) in [5.74, 6) is 0. The second-order valence-corrected chi connectivity index (χ2v) is 7.87. The zero-order chi connectivity index (χ0) is 16.4. The molecule has 2 fully saturated rings. The van der Waals surface area contributed by atoms with Crippen LogP contribution in [0.1, 0.15) is 57.5 Å². The van der Waals surface area contributed by atoms with Crippen molar-refractivity contribution >= 4 is 17.4 Å². The van der Waals surface area contributed by atoms with Gasteiger partial charge in [0, 0.05) is 42.8 Å². The molecule has 2 amide bonds. The van der Waals surface area contributed by atoms with Gasteiger partial charge >= 0.3 is 6.03 Å². The lowest BCUT2D eigenvalue weighted by Crippen LogP contribution is -2.47. The van der Waals surface area contributed by atoms with Crippen LogP contribution in [0, 0.1) is 0 Å². The molecule has 2 aliphatic heterocycles. The van der Waals surface area contributed by atoms with Gasteiger partial charge in [-0.15, -0.1) is 11.3 Å². The maximum absolute atomic E-state index is 12.7. The summed E-state index contributed by atoms with van der Waals surface area (Å²) in [4.78, 5) is 21.7. The summed E-state index contributed by atoms with van der Waals surface area (Å²) in [7, 11) is 0. The van der Waals surface area contributed by atoms with Crippen molar-refractivity contribution in [2.24, 2.45) is 0 Å². The SMILES string of the molecule is CC[C@H](NC(=O)N1CC[C@H]2CC[C@@H](C1)N2C(C)C)c1nccs1. The third-order valence-corrected chi connectivity index (χ3v) is 6.07. The predicted molar refractivity (Wildman–Crippen MR) is 93.7 cm³/mol. The fraction of sp³-hybridized carbons (Fsp3) is 0.765. The Bertz CT molecular complexity index is 519. The molecule has 0 radical (unpaired) electrons. The van der Waals surface area contributed by atoms with Gasteiger partial charge in [0.1, 0.15) is 5.01 Å². The molecule has 128 valence electrons. The molecule has 2 bridgehead atoms. The Morgan fingerprint density at radius 2 is 2.17 bits per heavy atom. The van der Waals surface area contributed by atoms with Crippen molar-refractivity contribution in [1.29, 1.82) is 0 Å². The van der Waals surface area contributed by atoms with Gasteiger partial charge in [-0.3, -0.25) is 4.90 Å². The Morgan fingerprint density at radius 1 is 1.39 bits per heavy atom. The molecule has 2 aliphatic rings. The quantitative estimate of drug-likeness (QED) is 0.918. The number of hydrogen-bond acceptors (Lipinski definition) is 4. The third kappa shape index (κ3) is 3.53. The van der Waals surface area contributed by atoms with Crippen LogP contribution in [0.3, 0.4) is 0 Å². The van der Waals surface area contributed by atoms with Gasteiger partial charge in [0.05, 0.1) is 6.04 Å². The van der Waals surface area contributed by atoms with E-state index >= 15 is 0 Å². The van der Waals surface area contributed by atoms with Crippen LogP contribution in [-0.4, -0.2) is 52.0 Å². The second kappa shape index (κ2) is 7.18. The van der Waals surface area contributed by atoms with Crippen molar-refractivity contribution < 1.29 is 4.79 Å². The van der Waals surface area contributed by atoms with Gasteiger partial charge in [0.15, 0.2) is 0 Å². The molecule has 0 aliphatic carbocycles. The smallest absolute Gasteiger partial charge is 0.318 e. The average Bonchev–Trinajstić information content (AvgIpc) is 3.12. The number of hydrogen-bond donors (Lipinski definition) is 1. The van der Waals surface area contributed by atoms with E-state index in [1.807, 2.05) is 10.3 Å². The number of thiazole rings is 1. The van der Waals surface area contributed by atoms with Crippen molar-refractivity contribution in [3.63, 3.8) is 0 Å². The topological polar surface area (TPSA) is 48.5 Å². The van der Waals surface area contributed by atoms with E-state index in [-0.39, 0.29) is 12.1 Å². The van der Waals surface area contributed by atoms with Crippen LogP contribution in [-0.2, 0) is 0 Å². The monoisotopic (exact) mass is 336 g/mol. The molecule has 1 N–H and O–H groups in total. The first kappa shape index (κ1) is 16.7. The normalized spacial score (nSPS) is 26.3. The molecule has 23 heavy (non-hydrogen) atoms. The van der Waals surface area contributed by atoms with Gasteiger partial charge in [-0.25, -0.2) is 9.78 Å². The molecule has 5 nitrogen and oxygen atoms in total. The van der Waals surface area contributed by atoms with E-state index in [0.717, 1.165) is 30.9 Å². The summed E-state index contributed by atoms with van der Waals surface area (Å²) in [5, 5.41) is 6.16. The Hall–Kier alpha value is -1.14. The minimum absolute atomic E-state index is 0.0316. The number of urea groups is 1. The highest BCUT2D eigenvalue weighted by molar-refractivity contribution is 7.09. The van der Waals surface area contributed by atoms with Crippen LogP contribution >= 0.6 is 11.3 Å². The van der Waals surface area contributed by atoms with Crippen molar-refractivity contribution in [2.45, 2.75) is 70.6 Å². The van der Waals surface area contributed by atoms with Gasteiger partial charge < -0.3 is 10.2 Å². The van der Waals surface area contributed by atoms with Crippen LogP contribution in [0.5, 0.6) is 0 Å². The fourth-order valence-electron chi connectivity index (χ4n) is 4.12. The molecule has 0 unspecified atom stereocenters. The van der Waals surface area contributed by atoms with Crippen molar-refractivity contribution in [1.82, 2.24) is 20.1 Å². The largest absolute Gasteiger partial charge is 0.329 e. The predicted octanol–water partition coefficient (Wildman–Crippen LogP) is 3.25. The van der Waals surface area contributed by atoms with Gasteiger partial charge in [-0.2, -0.15) is 0 Å². The molecule has 1 aromatic heterocycles. The maximum Gasteiger partial charge on any atom is 0.318 e. The minimum atomic E-state index is 0.0316. The van der Waals surface area contributed by atoms with E-state index in [1.54, 1.807) is 17.5 Å². The van der Waals surface area contributed by atoms with Crippen LogP contribution in [0.4, 0.5) is 4.79 Å². The third-order valence-electron chi connectivity index (χ3n) is 5.18. The van der Waals surface area contributed by atoms with Crippen molar-refractivity contribution in [3.8, 4) is 0 Å². The van der Waals surface area contributed by atoms with E-state index in [1.165, 1.54) is 12.8 Å². The zero-order valence-electron chi connectivity index (χ0n) is 14.4. The summed E-state index contributed by atoms with van der Waals surface area (Å²) in [6.45, 7) is 8.36. The molecule has 0 spiro atoms. The molecule has 0 saturated carbocycles. The van der Waals surface area contributed by atoms with E-state index in [0.29, 0.717) is 18.1 Å². The molecule has 1 aromatic rings. The molecule has 3 rings (SSSR count). The van der Waals surface area contributed by atoms with Gasteiger partial charge in [0.2, 0.25) is 0 Å². The zero-order valence-corrected chi connectivity index (χ0v) is 15.2.